The summed E-state index contributed by atoms with van der Waals surface area (Å²) in [5.41, 5.74) is -5.19. The average Bonchev–Trinajstić information content (AvgIpc) is 3.18. The van der Waals surface area contributed by atoms with Crippen LogP contribution >= 0.6 is 0 Å². The molecule has 0 unspecified atom stereocenters. The number of fused-ring (bicyclic) bond motifs is 4. The zero-order chi connectivity index (χ0) is 31.2. The minimum atomic E-state index is -5.16. The van der Waals surface area contributed by atoms with Crippen molar-refractivity contribution in [1.82, 2.24) is 9.46 Å². The van der Waals surface area contributed by atoms with Crippen molar-refractivity contribution in [3.05, 3.63) is 59.7 Å². The van der Waals surface area contributed by atoms with Gasteiger partial charge in [-0.1, -0.05) is 21.6 Å². The maximum absolute atomic E-state index is 13.0. The Morgan fingerprint density at radius 1 is 0.548 bits per heavy atom. The van der Waals surface area contributed by atoms with Gasteiger partial charge >= 0.3 is 32.6 Å². The quantitative estimate of drug-likeness (QED) is 0.201. The van der Waals surface area contributed by atoms with Crippen molar-refractivity contribution in [1.29, 1.82) is 0 Å². The maximum atomic E-state index is 13.0. The molecule has 0 spiro atoms. The predicted molar refractivity (Wildman–Crippen MR) is 124 cm³/mol. The lowest BCUT2D eigenvalue weighted by molar-refractivity contribution is -0.138. The van der Waals surface area contributed by atoms with Gasteiger partial charge in [0, 0.05) is 0 Å². The summed E-state index contributed by atoms with van der Waals surface area (Å²) >= 11 is 0. The molecule has 2 aromatic heterocycles. The summed E-state index contributed by atoms with van der Waals surface area (Å²) in [7, 11) is -10.3. The molecule has 0 atom stereocenters. The van der Waals surface area contributed by atoms with E-state index in [-0.39, 0.29) is 21.6 Å². The number of alkyl halides is 6. The number of aromatic nitrogens is 2. The number of hydrogen-bond acceptors (Lipinski definition) is 10. The van der Waals surface area contributed by atoms with Gasteiger partial charge in [0.25, 0.3) is 0 Å². The third-order valence-electron chi connectivity index (χ3n) is 5.91. The van der Waals surface area contributed by atoms with Gasteiger partial charge in [-0.05, 0) is 36.4 Å². The van der Waals surface area contributed by atoms with E-state index in [0.29, 0.717) is 12.1 Å². The Balaban J connectivity index is 1.50. The van der Waals surface area contributed by atoms with Crippen LogP contribution < -0.4 is 8.57 Å². The molecule has 5 rings (SSSR count). The van der Waals surface area contributed by atoms with Crippen molar-refractivity contribution >= 4 is 20.2 Å². The predicted octanol–water partition coefficient (Wildman–Crippen LogP) is 3.43. The molecule has 4 aromatic rings. The van der Waals surface area contributed by atoms with Gasteiger partial charge in [0.05, 0.1) is 33.4 Å². The molecule has 2 aromatic carbocycles. The smallest absolute Gasteiger partial charge is 0.416 e. The molecular weight excluding hydrogens is 630 g/mol. The van der Waals surface area contributed by atoms with E-state index in [1.807, 2.05) is 0 Å². The number of hydrogen-bond donors (Lipinski definition) is 4. The zero-order valence-corrected chi connectivity index (χ0v) is 21.5. The van der Waals surface area contributed by atoms with Crippen LogP contribution in [-0.2, 0) is 32.6 Å². The van der Waals surface area contributed by atoms with Gasteiger partial charge in [-0.3, -0.25) is 8.57 Å². The molecule has 4 N–H and O–H groups in total. The molecule has 1 aliphatic carbocycles. The summed E-state index contributed by atoms with van der Waals surface area (Å²) in [5, 5.41) is 42.0. The lowest BCUT2D eigenvalue weighted by Gasteiger charge is -2.13. The minimum Gasteiger partial charge on any atom is -0.492 e. The topological polar surface area (TPSA) is 178 Å². The van der Waals surface area contributed by atoms with Crippen molar-refractivity contribution in [2.24, 2.45) is 0 Å². The SMILES string of the molecule is O=S(=O)(On1c(O)c2c(c1O)-c1c-2c(O)n(OS(=O)(=O)c2cccc(C(F)(F)F)c2)c1O)c1cccc(C(F)(F)F)c1. The summed E-state index contributed by atoms with van der Waals surface area (Å²) in [6, 6.07) is 4.52. The van der Waals surface area contributed by atoms with Gasteiger partial charge in [-0.15, -0.1) is 0 Å². The van der Waals surface area contributed by atoms with Crippen molar-refractivity contribution < 1.29 is 72.2 Å². The molecule has 224 valence electrons. The molecule has 0 radical (unpaired) electrons. The van der Waals surface area contributed by atoms with E-state index in [1.165, 1.54) is 0 Å². The lowest BCUT2D eigenvalue weighted by atomic mass is 9.86. The van der Waals surface area contributed by atoms with Crippen LogP contribution in [0, 0.1) is 0 Å². The fourth-order valence-electron chi connectivity index (χ4n) is 4.02. The van der Waals surface area contributed by atoms with Crippen LogP contribution in [0.2, 0.25) is 0 Å². The Bertz CT molecular complexity index is 1790. The molecule has 12 nitrogen and oxygen atoms in total. The first kappa shape index (κ1) is 28.8. The molecule has 0 bridgehead atoms. The summed E-state index contributed by atoms with van der Waals surface area (Å²) in [4.78, 5) is -2.06. The van der Waals surface area contributed by atoms with E-state index in [0.717, 1.165) is 24.3 Å². The largest absolute Gasteiger partial charge is 0.492 e. The molecule has 42 heavy (non-hydrogen) atoms. The molecule has 2 heterocycles. The van der Waals surface area contributed by atoms with Crippen LogP contribution in [0.3, 0.4) is 0 Å². The maximum Gasteiger partial charge on any atom is 0.416 e. The summed E-state index contributed by atoms with van der Waals surface area (Å²) < 4.78 is 137. The lowest BCUT2D eigenvalue weighted by Crippen LogP contribution is -2.20. The van der Waals surface area contributed by atoms with Gasteiger partial charge in [-0.25, -0.2) is 0 Å². The molecule has 0 saturated heterocycles. The van der Waals surface area contributed by atoms with Crippen LogP contribution in [-0.4, -0.2) is 46.7 Å². The van der Waals surface area contributed by atoms with Crippen LogP contribution in [0.15, 0.2) is 58.3 Å². The summed E-state index contributed by atoms with van der Waals surface area (Å²) in [6.45, 7) is 0. The van der Waals surface area contributed by atoms with Crippen LogP contribution in [0.1, 0.15) is 11.1 Å². The first-order valence-corrected chi connectivity index (χ1v) is 13.7. The fraction of sp³-hybridized carbons (Fsp3) is 0.0909. The molecule has 0 saturated carbocycles. The standard InChI is InChI=1S/C22H12F6N2O10S2/c23-21(24,25)9-3-1-5-11(7-9)41(35,36)39-29-17(31)13-14(18(29)32)16-15(13)19(33)30(20(16)34)40-42(37,38)12-6-2-4-10(8-12)22(26,27)28/h1-8,31-34H. The minimum absolute atomic E-state index is 0.149. The van der Waals surface area contributed by atoms with E-state index in [4.69, 9.17) is 0 Å². The van der Waals surface area contributed by atoms with Crippen molar-refractivity contribution in [3.63, 3.8) is 0 Å². The second-order valence-electron chi connectivity index (χ2n) is 8.49. The molecular formula is C22H12F6N2O10S2. The second-order valence-corrected chi connectivity index (χ2v) is 11.5. The number of halogens is 6. The third-order valence-corrected chi connectivity index (χ3v) is 8.26. The van der Waals surface area contributed by atoms with Gasteiger partial charge in [-0.2, -0.15) is 43.2 Å². The van der Waals surface area contributed by atoms with Gasteiger partial charge in [0.15, 0.2) is 0 Å². The third kappa shape index (κ3) is 4.38. The highest BCUT2D eigenvalue weighted by molar-refractivity contribution is 7.87. The van der Waals surface area contributed by atoms with Gasteiger partial charge in [0.1, 0.15) is 9.79 Å². The monoisotopic (exact) mass is 642 g/mol. The van der Waals surface area contributed by atoms with E-state index in [1.54, 1.807) is 0 Å². The Morgan fingerprint density at radius 2 is 0.833 bits per heavy atom. The van der Waals surface area contributed by atoms with Crippen molar-refractivity contribution in [2.45, 2.75) is 22.1 Å². The molecule has 20 heteroatoms. The van der Waals surface area contributed by atoms with E-state index >= 15 is 0 Å². The number of benzene rings is 2. The Morgan fingerprint density at radius 3 is 1.10 bits per heavy atom. The average molecular weight is 642 g/mol. The summed E-state index contributed by atoms with van der Waals surface area (Å²) in [6.07, 6.45) is -9.86. The Labute approximate surface area is 229 Å². The van der Waals surface area contributed by atoms with Crippen molar-refractivity contribution in [3.8, 4) is 45.8 Å². The number of aromatic hydroxyl groups is 4. The first-order chi connectivity index (χ1) is 19.3. The van der Waals surface area contributed by atoms with E-state index in [2.05, 4.69) is 8.57 Å². The summed E-state index contributed by atoms with van der Waals surface area (Å²) in [5.74, 6) is -5.06. The zero-order valence-electron chi connectivity index (χ0n) is 19.8. The van der Waals surface area contributed by atoms with Crippen LogP contribution in [0.5, 0.6) is 23.5 Å². The molecule has 1 aliphatic rings. The van der Waals surface area contributed by atoms with E-state index in [9.17, 15) is 63.6 Å². The number of nitrogens with zero attached hydrogens (tertiary/aromatic N) is 2. The highest BCUT2D eigenvalue weighted by Crippen LogP contribution is 2.64. The molecule has 0 fully saturated rings. The van der Waals surface area contributed by atoms with E-state index < -0.39 is 99.3 Å². The number of rotatable bonds is 6. The molecule has 0 aliphatic heterocycles. The Hall–Kier alpha value is -4.72. The fourth-order valence-corrected chi connectivity index (χ4v) is 5.90. The van der Waals surface area contributed by atoms with Crippen LogP contribution in [0.25, 0.3) is 22.3 Å². The highest BCUT2D eigenvalue weighted by atomic mass is 32.2. The van der Waals surface area contributed by atoms with Gasteiger partial charge in [0.2, 0.25) is 23.5 Å². The molecule has 0 amide bonds. The Kier molecular flexibility index (Phi) is 6.09. The second kappa shape index (κ2) is 8.89. The van der Waals surface area contributed by atoms with Gasteiger partial charge < -0.3 is 20.4 Å². The normalized spacial score (nSPS) is 13.3. The highest BCUT2D eigenvalue weighted by Gasteiger charge is 2.46. The van der Waals surface area contributed by atoms with Crippen LogP contribution in [0.4, 0.5) is 26.3 Å². The van der Waals surface area contributed by atoms with Crippen molar-refractivity contribution in [2.75, 3.05) is 0 Å². The first-order valence-electron chi connectivity index (χ1n) is 10.8.